The van der Waals surface area contributed by atoms with Crippen molar-refractivity contribution in [3.63, 3.8) is 0 Å². The molecule has 40 heavy (non-hydrogen) atoms. The van der Waals surface area contributed by atoms with Crippen molar-refractivity contribution < 1.29 is 14.7 Å². The minimum atomic E-state index is -0.852. The van der Waals surface area contributed by atoms with E-state index in [9.17, 15) is 14.7 Å². The summed E-state index contributed by atoms with van der Waals surface area (Å²) in [7, 11) is 0. The van der Waals surface area contributed by atoms with Gasteiger partial charge in [0.1, 0.15) is 11.1 Å². The second kappa shape index (κ2) is 17.5. The van der Waals surface area contributed by atoms with E-state index in [1.165, 1.54) is 30.6 Å². The van der Waals surface area contributed by atoms with E-state index in [4.69, 9.17) is 5.73 Å². The highest BCUT2D eigenvalue weighted by Crippen LogP contribution is 2.32. The maximum Gasteiger partial charge on any atom is 0.225 e. The largest absolute Gasteiger partial charge is 0.384 e. The number of nitrogens with two attached hydrogens (primary N) is 1. The topological polar surface area (TPSA) is 117 Å². The molecule has 4 unspecified atom stereocenters. The van der Waals surface area contributed by atoms with Crippen LogP contribution in [0.15, 0.2) is 41.9 Å². The van der Waals surface area contributed by atoms with E-state index in [0.29, 0.717) is 36.7 Å². The highest BCUT2D eigenvalue weighted by molar-refractivity contribution is 7.09. The van der Waals surface area contributed by atoms with Gasteiger partial charge >= 0.3 is 0 Å². The van der Waals surface area contributed by atoms with Gasteiger partial charge in [-0.3, -0.25) is 9.59 Å². The Morgan fingerprint density at radius 2 is 1.80 bits per heavy atom. The number of carbonyl (C=O) groups excluding carboxylic acids is 2. The van der Waals surface area contributed by atoms with Gasteiger partial charge in [0, 0.05) is 24.0 Å². The fourth-order valence-electron chi connectivity index (χ4n) is 5.90. The molecule has 1 saturated carbocycles. The Morgan fingerprint density at radius 3 is 2.45 bits per heavy atom. The Bertz CT molecular complexity index is 979. The maximum absolute atomic E-state index is 14.1. The summed E-state index contributed by atoms with van der Waals surface area (Å²) in [5.41, 5.74) is 6.70. The van der Waals surface area contributed by atoms with Crippen LogP contribution in [0.25, 0.3) is 0 Å². The lowest BCUT2D eigenvalue weighted by Gasteiger charge is -2.33. The van der Waals surface area contributed by atoms with Crippen LogP contribution in [0.4, 0.5) is 0 Å². The van der Waals surface area contributed by atoms with Gasteiger partial charge in [-0.05, 0) is 56.0 Å². The van der Waals surface area contributed by atoms with Crippen LogP contribution in [-0.4, -0.2) is 40.5 Å². The van der Waals surface area contributed by atoms with Crippen LogP contribution in [0.1, 0.15) is 101 Å². The molecule has 1 aliphatic rings. The average Bonchev–Trinajstić information content (AvgIpc) is 3.49. The first-order valence-corrected chi connectivity index (χ1v) is 16.2. The number of aromatic nitrogens is 1. The van der Waals surface area contributed by atoms with E-state index in [1.807, 2.05) is 35.7 Å². The molecule has 3 rings (SSSR count). The van der Waals surface area contributed by atoms with Gasteiger partial charge in [-0.2, -0.15) is 0 Å². The first-order chi connectivity index (χ1) is 19.4. The Hall–Kier alpha value is -2.29. The van der Waals surface area contributed by atoms with Gasteiger partial charge in [0.2, 0.25) is 11.8 Å². The lowest BCUT2D eigenvalue weighted by molar-refractivity contribution is -0.129. The van der Waals surface area contributed by atoms with Crippen LogP contribution in [0.5, 0.6) is 0 Å². The van der Waals surface area contributed by atoms with Crippen molar-refractivity contribution >= 4 is 23.2 Å². The van der Waals surface area contributed by atoms with Crippen molar-refractivity contribution in [3.05, 3.63) is 52.5 Å². The molecule has 0 bridgehead atoms. The molecule has 1 aromatic carbocycles. The maximum atomic E-state index is 14.1. The number of hydrogen-bond donors (Lipinski definition) is 4. The molecule has 2 amide bonds. The monoisotopic (exact) mass is 570 g/mol. The molecule has 0 saturated heterocycles. The van der Waals surface area contributed by atoms with Gasteiger partial charge in [-0.15, -0.1) is 11.3 Å². The molecule has 0 spiro atoms. The van der Waals surface area contributed by atoms with Gasteiger partial charge in [0.25, 0.3) is 0 Å². The number of carbonyl (C=O) groups is 2. The Balaban J connectivity index is 1.81. The number of benzene rings is 1. The van der Waals surface area contributed by atoms with Crippen molar-refractivity contribution in [3.8, 4) is 0 Å². The third-order valence-corrected chi connectivity index (χ3v) is 8.87. The minimum absolute atomic E-state index is 0.0268. The first kappa shape index (κ1) is 32.2. The van der Waals surface area contributed by atoms with Crippen LogP contribution in [0.3, 0.4) is 0 Å². The molecule has 5 N–H and O–H groups in total. The molecular formula is C32H50N4O3S. The zero-order chi connectivity index (χ0) is 28.7. The van der Waals surface area contributed by atoms with E-state index in [0.717, 1.165) is 44.1 Å². The van der Waals surface area contributed by atoms with Crippen LogP contribution < -0.4 is 16.4 Å². The summed E-state index contributed by atoms with van der Waals surface area (Å²) < 4.78 is 0. The molecule has 2 aromatic rings. The molecule has 4 atom stereocenters. The molecule has 8 heteroatoms. The molecule has 7 nitrogen and oxygen atoms in total. The third kappa shape index (κ3) is 10.9. The number of nitrogens with zero attached hydrogens (tertiary/aromatic N) is 1. The third-order valence-electron chi connectivity index (χ3n) is 8.03. The number of thiazole rings is 1. The Labute approximate surface area is 244 Å². The smallest absolute Gasteiger partial charge is 0.225 e. The average molecular weight is 571 g/mol. The Kier molecular flexibility index (Phi) is 14.1. The molecule has 1 fully saturated rings. The molecule has 0 radical (unpaired) electrons. The van der Waals surface area contributed by atoms with E-state index in [1.54, 1.807) is 6.20 Å². The second-order valence-electron chi connectivity index (χ2n) is 11.9. The van der Waals surface area contributed by atoms with Crippen LogP contribution in [-0.2, 0) is 16.0 Å². The SMILES string of the molecule is CC(C)CC(C(=O)NC(CC1CCCCC1)C(O)c1nccs1)C(Cc1ccccc1)NC(=O)CCCCCN. The number of unbranched alkanes of at least 4 members (excludes halogenated alkanes) is 2. The van der Waals surface area contributed by atoms with Crippen LogP contribution in [0, 0.1) is 17.8 Å². The number of rotatable bonds is 17. The summed E-state index contributed by atoms with van der Waals surface area (Å²) in [4.78, 5) is 31.5. The summed E-state index contributed by atoms with van der Waals surface area (Å²) in [5.74, 6) is 0.183. The van der Waals surface area contributed by atoms with Gasteiger partial charge < -0.3 is 21.5 Å². The van der Waals surface area contributed by atoms with Gasteiger partial charge in [-0.1, -0.05) is 82.7 Å². The molecule has 1 heterocycles. The lowest BCUT2D eigenvalue weighted by atomic mass is 9.82. The highest BCUT2D eigenvalue weighted by Gasteiger charge is 2.35. The second-order valence-corrected chi connectivity index (χ2v) is 12.8. The molecular weight excluding hydrogens is 520 g/mol. The van der Waals surface area contributed by atoms with E-state index in [2.05, 4.69) is 29.5 Å². The number of nitrogens with one attached hydrogen (secondary N) is 2. The number of aliphatic hydroxyl groups excluding tert-OH is 1. The molecule has 1 aromatic heterocycles. The quantitative estimate of drug-likeness (QED) is 0.186. The van der Waals surface area contributed by atoms with Crippen molar-refractivity contribution in [2.24, 2.45) is 23.5 Å². The van der Waals surface area contributed by atoms with Crippen molar-refractivity contribution in [2.75, 3.05) is 6.54 Å². The normalized spacial score (nSPS) is 17.2. The zero-order valence-corrected chi connectivity index (χ0v) is 25.2. The van der Waals surface area contributed by atoms with E-state index in [-0.39, 0.29) is 23.8 Å². The molecule has 222 valence electrons. The summed E-state index contributed by atoms with van der Waals surface area (Å²) in [6.07, 6.45) is 11.7. The summed E-state index contributed by atoms with van der Waals surface area (Å²) in [5, 5.41) is 20.3. The first-order valence-electron chi connectivity index (χ1n) is 15.3. The predicted molar refractivity (Wildman–Crippen MR) is 163 cm³/mol. The zero-order valence-electron chi connectivity index (χ0n) is 24.4. The van der Waals surface area contributed by atoms with Crippen molar-refractivity contribution in [1.82, 2.24) is 15.6 Å². The minimum Gasteiger partial charge on any atom is -0.384 e. The summed E-state index contributed by atoms with van der Waals surface area (Å²) in [6, 6.07) is 9.28. The fraction of sp³-hybridized carbons (Fsp3) is 0.656. The van der Waals surface area contributed by atoms with Gasteiger partial charge in [0.15, 0.2) is 0 Å². The lowest BCUT2D eigenvalue weighted by Crippen LogP contribution is -2.51. The van der Waals surface area contributed by atoms with Crippen LogP contribution in [0.2, 0.25) is 0 Å². The number of aliphatic hydroxyl groups is 1. The van der Waals surface area contributed by atoms with Gasteiger partial charge in [0.05, 0.1) is 12.0 Å². The predicted octanol–water partition coefficient (Wildman–Crippen LogP) is 5.54. The van der Waals surface area contributed by atoms with Crippen LogP contribution >= 0.6 is 11.3 Å². The molecule has 0 aliphatic heterocycles. The number of amides is 2. The standard InChI is InChI=1S/C32H50N4O3S/c1-23(2)20-26(27(21-24-12-6-3-7-13-24)35-29(37)16-10-5-11-17-33)31(39)36-28(22-25-14-8-4-9-15-25)30(38)32-34-18-19-40-32/h3,6-7,12-13,18-19,23,25-28,30,38H,4-5,8-11,14-17,20-22,33H2,1-2H3,(H,35,37)(H,36,39). The van der Waals surface area contributed by atoms with Crippen molar-refractivity contribution in [1.29, 1.82) is 0 Å². The fourth-order valence-corrected chi connectivity index (χ4v) is 6.59. The van der Waals surface area contributed by atoms with E-state index < -0.39 is 18.1 Å². The summed E-state index contributed by atoms with van der Waals surface area (Å²) in [6.45, 7) is 4.85. The van der Waals surface area contributed by atoms with E-state index >= 15 is 0 Å². The Morgan fingerprint density at radius 1 is 1.05 bits per heavy atom. The highest BCUT2D eigenvalue weighted by atomic mass is 32.1. The number of hydrogen-bond acceptors (Lipinski definition) is 6. The molecule has 1 aliphatic carbocycles. The van der Waals surface area contributed by atoms with Crippen molar-refractivity contribution in [2.45, 2.75) is 109 Å². The summed E-state index contributed by atoms with van der Waals surface area (Å²) >= 11 is 1.42. The van der Waals surface area contributed by atoms with Gasteiger partial charge in [-0.25, -0.2) is 4.98 Å².